The van der Waals surface area contributed by atoms with Crippen LogP contribution in [0.3, 0.4) is 0 Å². The molecule has 3 rings (SSSR count). The van der Waals surface area contributed by atoms with Crippen LogP contribution in [0.2, 0.25) is 0 Å². The van der Waals surface area contributed by atoms with E-state index in [1.165, 1.54) is 62.6 Å². The summed E-state index contributed by atoms with van der Waals surface area (Å²) in [6.07, 6.45) is 9.58. The highest BCUT2D eigenvalue weighted by molar-refractivity contribution is 5.32. The zero-order valence-corrected chi connectivity index (χ0v) is 14.9. The number of benzene rings is 2. The number of ether oxygens (including phenoxy) is 1. The lowest BCUT2D eigenvalue weighted by molar-refractivity contribution is -0.706. The molecule has 3 heteroatoms. The van der Waals surface area contributed by atoms with Crippen molar-refractivity contribution >= 4 is 0 Å². The zero-order chi connectivity index (χ0) is 17.3. The molecule has 25 heavy (non-hydrogen) atoms. The van der Waals surface area contributed by atoms with Crippen molar-refractivity contribution in [2.45, 2.75) is 64.1 Å². The number of rotatable bonds is 6. The standard InChI is InChI=1S/C22H28FNO/c23-20-14-12-18(13-15-20)17-25-22-11-7-6-8-19(22)16-24-21-9-4-2-1-3-5-10-21/h6-8,11-15,21,24H,1-5,9-10,16-17H2/p+1. The fourth-order valence-corrected chi connectivity index (χ4v) is 3.57. The highest BCUT2D eigenvalue weighted by Gasteiger charge is 2.15. The fourth-order valence-electron chi connectivity index (χ4n) is 3.57. The number of quaternary nitrogens is 1. The SMILES string of the molecule is Fc1ccc(COc2ccccc2C[NH2+]C2CCCCCCC2)cc1. The Hall–Kier alpha value is -1.87. The third kappa shape index (κ3) is 5.86. The molecule has 2 N–H and O–H groups in total. The lowest BCUT2D eigenvalue weighted by Crippen LogP contribution is -2.88. The molecule has 2 aromatic rings. The van der Waals surface area contributed by atoms with Gasteiger partial charge in [0.15, 0.2) is 0 Å². The average Bonchev–Trinajstić information content (AvgIpc) is 2.61. The summed E-state index contributed by atoms with van der Waals surface area (Å²) in [6.45, 7) is 1.44. The molecule has 0 spiro atoms. The summed E-state index contributed by atoms with van der Waals surface area (Å²) in [5.41, 5.74) is 2.23. The van der Waals surface area contributed by atoms with Gasteiger partial charge in [-0.2, -0.15) is 0 Å². The van der Waals surface area contributed by atoms with E-state index in [0.29, 0.717) is 6.61 Å². The van der Waals surface area contributed by atoms with Crippen molar-refractivity contribution in [1.29, 1.82) is 0 Å². The molecule has 0 unspecified atom stereocenters. The Balaban J connectivity index is 1.55. The van der Waals surface area contributed by atoms with Crippen molar-refractivity contribution in [3.63, 3.8) is 0 Å². The number of para-hydroxylation sites is 1. The Labute approximate surface area is 150 Å². The van der Waals surface area contributed by atoms with Gasteiger partial charge in [-0.15, -0.1) is 0 Å². The third-order valence-electron chi connectivity index (χ3n) is 5.10. The van der Waals surface area contributed by atoms with E-state index in [-0.39, 0.29) is 5.82 Å². The highest BCUT2D eigenvalue weighted by atomic mass is 19.1. The molecular formula is C22H29FNO+. The van der Waals surface area contributed by atoms with Crippen LogP contribution in [0.25, 0.3) is 0 Å². The molecule has 0 atom stereocenters. The number of halogens is 1. The van der Waals surface area contributed by atoms with Crippen molar-refractivity contribution < 1.29 is 14.4 Å². The van der Waals surface area contributed by atoms with Crippen LogP contribution in [-0.4, -0.2) is 6.04 Å². The molecule has 0 aliphatic heterocycles. The van der Waals surface area contributed by atoms with Crippen LogP contribution >= 0.6 is 0 Å². The van der Waals surface area contributed by atoms with Gasteiger partial charge in [0.1, 0.15) is 24.7 Å². The van der Waals surface area contributed by atoms with E-state index in [2.05, 4.69) is 17.4 Å². The van der Waals surface area contributed by atoms with E-state index in [1.807, 2.05) is 12.1 Å². The molecule has 0 bridgehead atoms. The summed E-state index contributed by atoms with van der Waals surface area (Å²) >= 11 is 0. The molecule has 0 heterocycles. The minimum absolute atomic E-state index is 0.210. The molecule has 1 aliphatic carbocycles. The maximum Gasteiger partial charge on any atom is 0.128 e. The van der Waals surface area contributed by atoms with Crippen molar-refractivity contribution in [3.8, 4) is 5.75 Å². The molecular weight excluding hydrogens is 313 g/mol. The van der Waals surface area contributed by atoms with Gasteiger partial charge in [-0.1, -0.05) is 43.5 Å². The predicted octanol–water partition coefficient (Wildman–Crippen LogP) is 4.58. The summed E-state index contributed by atoms with van der Waals surface area (Å²) < 4.78 is 19.0. The minimum Gasteiger partial charge on any atom is -0.488 e. The van der Waals surface area contributed by atoms with Gasteiger partial charge < -0.3 is 10.1 Å². The maximum atomic E-state index is 13.0. The molecule has 0 radical (unpaired) electrons. The minimum atomic E-state index is -0.210. The lowest BCUT2D eigenvalue weighted by Gasteiger charge is -2.19. The second-order valence-corrected chi connectivity index (χ2v) is 7.07. The van der Waals surface area contributed by atoms with E-state index in [9.17, 15) is 4.39 Å². The molecule has 1 saturated carbocycles. The van der Waals surface area contributed by atoms with Crippen molar-refractivity contribution in [2.75, 3.05) is 0 Å². The molecule has 0 amide bonds. The summed E-state index contributed by atoms with van der Waals surface area (Å²) in [5, 5.41) is 2.49. The summed E-state index contributed by atoms with van der Waals surface area (Å²) in [5.74, 6) is 0.729. The van der Waals surface area contributed by atoms with Crippen molar-refractivity contribution in [1.82, 2.24) is 0 Å². The summed E-state index contributed by atoms with van der Waals surface area (Å²) in [7, 11) is 0. The molecule has 134 valence electrons. The molecule has 2 nitrogen and oxygen atoms in total. The Morgan fingerprint density at radius 3 is 2.32 bits per heavy atom. The topological polar surface area (TPSA) is 25.8 Å². The first-order valence-electron chi connectivity index (χ1n) is 9.60. The summed E-state index contributed by atoms with van der Waals surface area (Å²) in [4.78, 5) is 0. The Kier molecular flexibility index (Phi) is 6.87. The molecule has 2 aromatic carbocycles. The van der Waals surface area contributed by atoms with Crippen LogP contribution in [0.15, 0.2) is 48.5 Å². The largest absolute Gasteiger partial charge is 0.488 e. The second-order valence-electron chi connectivity index (χ2n) is 7.07. The van der Waals surface area contributed by atoms with Gasteiger partial charge in [0.2, 0.25) is 0 Å². The van der Waals surface area contributed by atoms with Crippen molar-refractivity contribution in [2.24, 2.45) is 0 Å². The number of hydrogen-bond donors (Lipinski definition) is 1. The van der Waals surface area contributed by atoms with Gasteiger partial charge in [0.25, 0.3) is 0 Å². The first kappa shape index (κ1) is 17.9. The third-order valence-corrected chi connectivity index (χ3v) is 5.10. The number of hydrogen-bond acceptors (Lipinski definition) is 1. The highest BCUT2D eigenvalue weighted by Crippen LogP contribution is 2.19. The molecule has 0 aromatic heterocycles. The van der Waals surface area contributed by atoms with E-state index in [0.717, 1.165) is 23.9 Å². The lowest BCUT2D eigenvalue weighted by atomic mass is 9.96. The monoisotopic (exact) mass is 342 g/mol. The quantitative estimate of drug-likeness (QED) is 0.817. The van der Waals surface area contributed by atoms with Gasteiger partial charge in [-0.05, 0) is 55.5 Å². The molecule has 0 saturated heterocycles. The van der Waals surface area contributed by atoms with E-state index < -0.39 is 0 Å². The van der Waals surface area contributed by atoms with Gasteiger partial charge in [0.05, 0.1) is 6.04 Å². The van der Waals surface area contributed by atoms with E-state index >= 15 is 0 Å². The first-order chi connectivity index (χ1) is 12.3. The van der Waals surface area contributed by atoms with Crippen LogP contribution in [0.5, 0.6) is 5.75 Å². The van der Waals surface area contributed by atoms with Crippen LogP contribution in [0, 0.1) is 5.82 Å². The van der Waals surface area contributed by atoms with Gasteiger partial charge in [-0.25, -0.2) is 4.39 Å². The van der Waals surface area contributed by atoms with E-state index in [1.54, 1.807) is 12.1 Å². The molecule has 1 fully saturated rings. The van der Waals surface area contributed by atoms with Crippen molar-refractivity contribution in [3.05, 3.63) is 65.5 Å². The Bertz CT molecular complexity index is 633. The maximum absolute atomic E-state index is 13.0. The molecule has 1 aliphatic rings. The zero-order valence-electron chi connectivity index (χ0n) is 14.9. The van der Waals surface area contributed by atoms with Crippen LogP contribution in [0.1, 0.15) is 56.1 Å². The summed E-state index contributed by atoms with van der Waals surface area (Å²) in [6, 6.07) is 15.5. The van der Waals surface area contributed by atoms with Gasteiger partial charge in [-0.3, -0.25) is 0 Å². The smallest absolute Gasteiger partial charge is 0.128 e. The average molecular weight is 342 g/mol. The predicted molar refractivity (Wildman–Crippen MR) is 98.9 cm³/mol. The van der Waals surface area contributed by atoms with Gasteiger partial charge in [0, 0.05) is 5.56 Å². The first-order valence-corrected chi connectivity index (χ1v) is 9.60. The fraction of sp³-hybridized carbons (Fsp3) is 0.455. The number of nitrogens with two attached hydrogens (primary N) is 1. The normalized spacial score (nSPS) is 16.2. The van der Waals surface area contributed by atoms with Crippen LogP contribution < -0.4 is 10.1 Å². The van der Waals surface area contributed by atoms with Gasteiger partial charge >= 0.3 is 0 Å². The van der Waals surface area contributed by atoms with Crippen LogP contribution in [0.4, 0.5) is 4.39 Å². The van der Waals surface area contributed by atoms with E-state index in [4.69, 9.17) is 4.74 Å². The van der Waals surface area contributed by atoms with Crippen LogP contribution in [-0.2, 0) is 13.2 Å². The Morgan fingerprint density at radius 2 is 1.56 bits per heavy atom. The second kappa shape index (κ2) is 9.57. The Morgan fingerprint density at radius 1 is 0.880 bits per heavy atom.